The Hall–Kier alpha value is -1.48. The Labute approximate surface area is 114 Å². The molecule has 1 aromatic rings. The molecule has 1 atom stereocenters. The Morgan fingerprint density at radius 2 is 2.26 bits per heavy atom. The van der Waals surface area contributed by atoms with E-state index in [9.17, 15) is 5.11 Å². The molecule has 3 nitrogen and oxygen atoms in total. The first-order valence-electron chi connectivity index (χ1n) is 6.94. The molecule has 0 aromatic heterocycles. The highest BCUT2D eigenvalue weighted by molar-refractivity contribution is 5.64. The molecule has 1 aliphatic rings. The molecule has 0 spiro atoms. The first-order chi connectivity index (χ1) is 9.17. The van der Waals surface area contributed by atoms with Gasteiger partial charge in [-0.15, -0.1) is 0 Å². The van der Waals surface area contributed by atoms with Crippen LogP contribution >= 0.6 is 0 Å². The second-order valence-corrected chi connectivity index (χ2v) is 4.88. The lowest BCUT2D eigenvalue weighted by molar-refractivity contribution is 0.254. The van der Waals surface area contributed by atoms with Crippen LogP contribution in [0.2, 0.25) is 0 Å². The molecular formula is C16H22O3. The predicted molar refractivity (Wildman–Crippen MR) is 76.8 cm³/mol. The average Bonchev–Trinajstić information content (AvgIpc) is 2.75. The summed E-state index contributed by atoms with van der Waals surface area (Å²) in [5.41, 5.74) is 3.18. The third kappa shape index (κ3) is 3.10. The van der Waals surface area contributed by atoms with E-state index in [-0.39, 0.29) is 12.7 Å². The standard InChI is InChI=1S/C16H22O3/c1-4-12(10-17)7-14-9-16-13(6-11(3)19-16)8-15(14)18-5-2/h7-9,11,17H,4-6,10H2,1-3H3. The molecule has 0 fully saturated rings. The Morgan fingerprint density at radius 1 is 1.47 bits per heavy atom. The maximum atomic E-state index is 9.30. The van der Waals surface area contributed by atoms with Crippen LogP contribution in [-0.4, -0.2) is 24.4 Å². The van der Waals surface area contributed by atoms with Gasteiger partial charge in [0, 0.05) is 17.5 Å². The summed E-state index contributed by atoms with van der Waals surface area (Å²) in [5.74, 6) is 1.81. The second-order valence-electron chi connectivity index (χ2n) is 4.88. The van der Waals surface area contributed by atoms with Crippen LogP contribution in [0.25, 0.3) is 6.08 Å². The fourth-order valence-corrected chi connectivity index (χ4v) is 2.33. The van der Waals surface area contributed by atoms with E-state index in [0.29, 0.717) is 6.61 Å². The average molecular weight is 262 g/mol. The molecule has 1 aliphatic heterocycles. The van der Waals surface area contributed by atoms with E-state index in [1.54, 1.807) is 0 Å². The minimum atomic E-state index is 0.0798. The predicted octanol–water partition coefficient (Wildman–Crippen LogP) is 3.19. The van der Waals surface area contributed by atoms with Crippen molar-refractivity contribution in [2.75, 3.05) is 13.2 Å². The van der Waals surface area contributed by atoms with Crippen molar-refractivity contribution in [1.82, 2.24) is 0 Å². The first-order valence-corrected chi connectivity index (χ1v) is 6.94. The number of ether oxygens (including phenoxy) is 2. The molecular weight excluding hydrogens is 240 g/mol. The lowest BCUT2D eigenvalue weighted by Crippen LogP contribution is -2.05. The summed E-state index contributed by atoms with van der Waals surface area (Å²) in [4.78, 5) is 0. The van der Waals surface area contributed by atoms with E-state index >= 15 is 0 Å². The fraction of sp³-hybridized carbons (Fsp3) is 0.500. The molecule has 19 heavy (non-hydrogen) atoms. The third-order valence-electron chi connectivity index (χ3n) is 3.35. The van der Waals surface area contributed by atoms with Gasteiger partial charge in [0.2, 0.25) is 0 Å². The van der Waals surface area contributed by atoms with E-state index < -0.39 is 0 Å². The molecule has 0 radical (unpaired) electrons. The zero-order valence-corrected chi connectivity index (χ0v) is 11.9. The summed E-state index contributed by atoms with van der Waals surface area (Å²) >= 11 is 0. The van der Waals surface area contributed by atoms with Gasteiger partial charge in [0.1, 0.15) is 17.6 Å². The van der Waals surface area contributed by atoms with Crippen LogP contribution < -0.4 is 9.47 Å². The molecule has 1 N–H and O–H groups in total. The highest BCUT2D eigenvalue weighted by Crippen LogP contribution is 2.36. The molecule has 1 heterocycles. The summed E-state index contributed by atoms with van der Waals surface area (Å²) in [7, 11) is 0. The lowest BCUT2D eigenvalue weighted by atomic mass is 10.0. The molecule has 1 aromatic carbocycles. The van der Waals surface area contributed by atoms with Crippen molar-refractivity contribution >= 4 is 6.08 Å². The Balaban J connectivity index is 2.41. The smallest absolute Gasteiger partial charge is 0.127 e. The second kappa shape index (κ2) is 6.11. The van der Waals surface area contributed by atoms with Crippen LogP contribution in [0.3, 0.4) is 0 Å². The van der Waals surface area contributed by atoms with Crippen molar-refractivity contribution in [3.63, 3.8) is 0 Å². The zero-order valence-electron chi connectivity index (χ0n) is 11.9. The number of aliphatic hydroxyl groups excluding tert-OH is 1. The van der Waals surface area contributed by atoms with E-state index in [2.05, 4.69) is 13.0 Å². The van der Waals surface area contributed by atoms with E-state index in [0.717, 1.165) is 35.5 Å². The van der Waals surface area contributed by atoms with Gasteiger partial charge < -0.3 is 14.6 Å². The quantitative estimate of drug-likeness (QED) is 0.885. The van der Waals surface area contributed by atoms with Gasteiger partial charge in [-0.1, -0.05) is 6.92 Å². The monoisotopic (exact) mass is 262 g/mol. The maximum Gasteiger partial charge on any atom is 0.127 e. The molecule has 1 unspecified atom stereocenters. The number of rotatable bonds is 5. The SMILES string of the molecule is CCOc1cc2c(cc1C=C(CC)CO)OC(C)C2. The third-order valence-corrected chi connectivity index (χ3v) is 3.35. The van der Waals surface area contributed by atoms with E-state index in [1.807, 2.05) is 26.0 Å². The van der Waals surface area contributed by atoms with Crippen molar-refractivity contribution in [2.24, 2.45) is 0 Å². The van der Waals surface area contributed by atoms with Crippen molar-refractivity contribution in [3.8, 4) is 11.5 Å². The fourth-order valence-electron chi connectivity index (χ4n) is 2.33. The Kier molecular flexibility index (Phi) is 4.48. The van der Waals surface area contributed by atoms with Crippen molar-refractivity contribution in [3.05, 3.63) is 28.8 Å². The van der Waals surface area contributed by atoms with Gasteiger partial charge >= 0.3 is 0 Å². The van der Waals surface area contributed by atoms with Crippen molar-refractivity contribution in [2.45, 2.75) is 39.7 Å². The summed E-state index contributed by atoms with van der Waals surface area (Å²) in [6.07, 6.45) is 3.99. The van der Waals surface area contributed by atoms with Gasteiger partial charge in [-0.05, 0) is 44.1 Å². The Morgan fingerprint density at radius 3 is 2.89 bits per heavy atom. The highest BCUT2D eigenvalue weighted by Gasteiger charge is 2.21. The topological polar surface area (TPSA) is 38.7 Å². The summed E-state index contributed by atoms with van der Waals surface area (Å²) in [6, 6.07) is 4.09. The number of aliphatic hydroxyl groups is 1. The summed E-state index contributed by atoms with van der Waals surface area (Å²) < 4.78 is 11.5. The first kappa shape index (κ1) is 13.9. The largest absolute Gasteiger partial charge is 0.493 e. The van der Waals surface area contributed by atoms with Gasteiger partial charge in [-0.25, -0.2) is 0 Å². The minimum Gasteiger partial charge on any atom is -0.493 e. The van der Waals surface area contributed by atoms with Crippen LogP contribution in [-0.2, 0) is 6.42 Å². The Bertz CT molecular complexity index is 471. The van der Waals surface area contributed by atoms with Crippen molar-refractivity contribution in [1.29, 1.82) is 0 Å². The number of hydrogen-bond acceptors (Lipinski definition) is 3. The molecule has 0 saturated heterocycles. The van der Waals surface area contributed by atoms with Gasteiger partial charge in [0.25, 0.3) is 0 Å². The molecule has 0 amide bonds. The molecule has 2 rings (SSSR count). The van der Waals surface area contributed by atoms with Crippen molar-refractivity contribution < 1.29 is 14.6 Å². The van der Waals surface area contributed by atoms with Crippen LogP contribution in [0.5, 0.6) is 11.5 Å². The number of fused-ring (bicyclic) bond motifs is 1. The summed E-state index contributed by atoms with van der Waals surface area (Å²) in [5, 5.41) is 9.30. The van der Waals surface area contributed by atoms with E-state index in [1.165, 1.54) is 5.56 Å². The molecule has 104 valence electrons. The van der Waals surface area contributed by atoms with Gasteiger partial charge in [-0.3, -0.25) is 0 Å². The molecule has 0 aliphatic carbocycles. The normalized spacial score (nSPS) is 18.1. The van der Waals surface area contributed by atoms with Gasteiger partial charge in [-0.2, -0.15) is 0 Å². The lowest BCUT2D eigenvalue weighted by Gasteiger charge is -2.11. The van der Waals surface area contributed by atoms with Gasteiger partial charge in [0.15, 0.2) is 0 Å². The minimum absolute atomic E-state index is 0.0798. The van der Waals surface area contributed by atoms with E-state index in [4.69, 9.17) is 9.47 Å². The zero-order chi connectivity index (χ0) is 13.8. The van der Waals surface area contributed by atoms with Crippen LogP contribution in [0.4, 0.5) is 0 Å². The highest BCUT2D eigenvalue weighted by atomic mass is 16.5. The molecule has 3 heteroatoms. The van der Waals surface area contributed by atoms with Crippen LogP contribution in [0.15, 0.2) is 17.7 Å². The van der Waals surface area contributed by atoms with Crippen LogP contribution in [0, 0.1) is 0 Å². The molecule has 0 bridgehead atoms. The summed E-state index contributed by atoms with van der Waals surface area (Å²) in [6.45, 7) is 6.80. The molecule has 0 saturated carbocycles. The maximum absolute atomic E-state index is 9.30. The van der Waals surface area contributed by atoms with Crippen LogP contribution in [0.1, 0.15) is 38.3 Å². The number of hydrogen-bond donors (Lipinski definition) is 1. The number of benzene rings is 1. The van der Waals surface area contributed by atoms with Gasteiger partial charge in [0.05, 0.1) is 13.2 Å².